The Kier molecular flexibility index (Phi) is 3.88. The minimum absolute atomic E-state index is 0.227. The summed E-state index contributed by atoms with van der Waals surface area (Å²) in [7, 11) is 0. The summed E-state index contributed by atoms with van der Waals surface area (Å²) in [6, 6.07) is 11.7. The first kappa shape index (κ1) is 11.8. The van der Waals surface area contributed by atoms with Crippen LogP contribution in [0.25, 0.3) is 0 Å². The average molecular weight is 247 g/mol. The molecule has 0 saturated heterocycles. The van der Waals surface area contributed by atoms with Crippen LogP contribution in [0.4, 0.5) is 0 Å². The van der Waals surface area contributed by atoms with E-state index in [0.29, 0.717) is 0 Å². The topological polar surface area (TPSA) is 53.1 Å². The molecule has 1 aromatic heterocycles. The van der Waals surface area contributed by atoms with Crippen LogP contribution in [0.2, 0.25) is 0 Å². The summed E-state index contributed by atoms with van der Waals surface area (Å²) in [5.74, 6) is 0.685. The predicted molar refractivity (Wildman–Crippen MR) is 69.6 cm³/mol. The van der Waals surface area contributed by atoms with E-state index in [-0.39, 0.29) is 5.75 Å². The number of hydrogen-bond donors (Lipinski definition) is 2. The fourth-order valence-electron chi connectivity index (χ4n) is 1.47. The fraction of sp³-hybridized carbons (Fsp3) is 0.154. The maximum atomic E-state index is 11.0. The van der Waals surface area contributed by atoms with E-state index in [2.05, 4.69) is 17.1 Å². The van der Waals surface area contributed by atoms with Crippen molar-refractivity contribution >= 4 is 11.8 Å². The number of aromatic nitrogens is 1. The maximum Gasteiger partial charge on any atom is 0.290 e. The van der Waals surface area contributed by atoms with Crippen molar-refractivity contribution in [2.75, 3.05) is 5.75 Å². The Morgan fingerprint density at radius 3 is 2.71 bits per heavy atom. The molecule has 0 saturated carbocycles. The van der Waals surface area contributed by atoms with Gasteiger partial charge in [-0.15, -0.1) is 11.8 Å². The molecule has 0 spiro atoms. The number of H-pyrrole nitrogens is 1. The smallest absolute Gasteiger partial charge is 0.290 e. The third-order valence-corrected chi connectivity index (χ3v) is 3.34. The van der Waals surface area contributed by atoms with Crippen LogP contribution < -0.4 is 5.56 Å². The number of pyridine rings is 1. The van der Waals surface area contributed by atoms with Crippen molar-refractivity contribution in [2.45, 2.75) is 11.3 Å². The van der Waals surface area contributed by atoms with Crippen LogP contribution in [-0.4, -0.2) is 15.8 Å². The quantitative estimate of drug-likeness (QED) is 0.816. The largest absolute Gasteiger partial charge is 0.503 e. The molecule has 0 fully saturated rings. The summed E-state index contributed by atoms with van der Waals surface area (Å²) in [5.41, 5.74) is 0.839. The van der Waals surface area contributed by atoms with E-state index < -0.39 is 5.56 Å². The standard InChI is InChI=1S/C13H13NO2S/c15-12-8-11(9-14-13(12)16)17-7-6-10-4-2-1-3-5-10/h1-5,8-9,15H,6-7H2,(H,14,16). The first-order chi connectivity index (χ1) is 8.25. The first-order valence-electron chi connectivity index (χ1n) is 5.34. The third kappa shape index (κ3) is 3.39. The molecule has 0 aliphatic heterocycles. The summed E-state index contributed by atoms with van der Waals surface area (Å²) in [6.07, 6.45) is 2.59. The second-order valence-electron chi connectivity index (χ2n) is 3.63. The summed E-state index contributed by atoms with van der Waals surface area (Å²) in [5, 5.41) is 9.26. The molecule has 17 heavy (non-hydrogen) atoms. The van der Waals surface area contributed by atoms with E-state index in [4.69, 9.17) is 0 Å². The average Bonchev–Trinajstić information content (AvgIpc) is 2.35. The van der Waals surface area contributed by atoms with Gasteiger partial charge in [-0.3, -0.25) is 4.79 Å². The highest BCUT2D eigenvalue weighted by atomic mass is 32.2. The minimum atomic E-state index is -0.447. The monoisotopic (exact) mass is 247 g/mol. The van der Waals surface area contributed by atoms with Gasteiger partial charge in [-0.25, -0.2) is 0 Å². The van der Waals surface area contributed by atoms with Gasteiger partial charge in [0.05, 0.1) is 0 Å². The molecule has 0 unspecified atom stereocenters. The van der Waals surface area contributed by atoms with E-state index in [1.807, 2.05) is 18.2 Å². The lowest BCUT2D eigenvalue weighted by atomic mass is 10.2. The second kappa shape index (κ2) is 5.59. The van der Waals surface area contributed by atoms with Gasteiger partial charge in [0.2, 0.25) is 0 Å². The predicted octanol–water partition coefficient (Wildman–Crippen LogP) is 2.42. The normalized spacial score (nSPS) is 10.4. The van der Waals surface area contributed by atoms with Gasteiger partial charge >= 0.3 is 0 Å². The van der Waals surface area contributed by atoms with Crippen molar-refractivity contribution in [3.8, 4) is 5.75 Å². The zero-order chi connectivity index (χ0) is 12.1. The van der Waals surface area contributed by atoms with Gasteiger partial charge in [0.1, 0.15) is 0 Å². The van der Waals surface area contributed by atoms with E-state index >= 15 is 0 Å². The highest BCUT2D eigenvalue weighted by Gasteiger charge is 2.00. The number of nitrogens with one attached hydrogen (secondary N) is 1. The van der Waals surface area contributed by atoms with E-state index in [1.165, 1.54) is 11.6 Å². The lowest BCUT2D eigenvalue weighted by Gasteiger charge is -2.02. The Balaban J connectivity index is 1.90. The molecule has 0 aliphatic rings. The lowest BCUT2D eigenvalue weighted by Crippen LogP contribution is -2.03. The van der Waals surface area contributed by atoms with Crippen molar-refractivity contribution in [3.63, 3.8) is 0 Å². The number of benzene rings is 1. The molecule has 0 radical (unpaired) electrons. The van der Waals surface area contributed by atoms with Crippen LogP contribution in [0.5, 0.6) is 5.75 Å². The number of aromatic hydroxyl groups is 1. The van der Waals surface area contributed by atoms with Gasteiger partial charge in [0, 0.05) is 22.9 Å². The Morgan fingerprint density at radius 1 is 1.24 bits per heavy atom. The van der Waals surface area contributed by atoms with Crippen molar-refractivity contribution < 1.29 is 5.11 Å². The molecule has 1 aromatic carbocycles. The molecule has 0 bridgehead atoms. The summed E-state index contributed by atoms with van der Waals surface area (Å²) in [6.45, 7) is 0. The number of aryl methyl sites for hydroxylation is 1. The molecule has 3 nitrogen and oxygen atoms in total. The number of hydrogen-bond acceptors (Lipinski definition) is 3. The zero-order valence-corrected chi connectivity index (χ0v) is 10.0. The molecule has 2 rings (SSSR count). The molecule has 1 heterocycles. The molecular weight excluding hydrogens is 234 g/mol. The summed E-state index contributed by atoms with van der Waals surface area (Å²) in [4.78, 5) is 14.3. The minimum Gasteiger partial charge on any atom is -0.503 e. The summed E-state index contributed by atoms with van der Waals surface area (Å²) < 4.78 is 0. The van der Waals surface area contributed by atoms with Gasteiger partial charge in [-0.1, -0.05) is 30.3 Å². The van der Waals surface area contributed by atoms with Crippen LogP contribution in [0, 0.1) is 0 Å². The number of aromatic amines is 1. The fourth-order valence-corrected chi connectivity index (χ4v) is 2.38. The van der Waals surface area contributed by atoms with Gasteiger partial charge in [-0.2, -0.15) is 0 Å². The van der Waals surface area contributed by atoms with Gasteiger partial charge in [-0.05, 0) is 12.0 Å². The first-order valence-corrected chi connectivity index (χ1v) is 6.33. The van der Waals surface area contributed by atoms with Crippen molar-refractivity contribution in [1.29, 1.82) is 0 Å². The molecular formula is C13H13NO2S. The zero-order valence-electron chi connectivity index (χ0n) is 9.22. The van der Waals surface area contributed by atoms with Gasteiger partial charge in [0.15, 0.2) is 5.75 Å². The highest BCUT2D eigenvalue weighted by molar-refractivity contribution is 7.99. The maximum absolute atomic E-state index is 11.0. The molecule has 0 amide bonds. The highest BCUT2D eigenvalue weighted by Crippen LogP contribution is 2.19. The SMILES string of the molecule is O=c1[nH]cc(SCCc2ccccc2)cc1O. The molecule has 2 N–H and O–H groups in total. The Morgan fingerprint density at radius 2 is 2.00 bits per heavy atom. The van der Waals surface area contributed by atoms with E-state index in [0.717, 1.165) is 17.1 Å². The van der Waals surface area contributed by atoms with E-state index in [9.17, 15) is 9.90 Å². The van der Waals surface area contributed by atoms with Gasteiger partial charge < -0.3 is 10.1 Å². The van der Waals surface area contributed by atoms with Crippen LogP contribution in [0.3, 0.4) is 0 Å². The van der Waals surface area contributed by atoms with E-state index in [1.54, 1.807) is 18.0 Å². The molecule has 0 aliphatic carbocycles. The lowest BCUT2D eigenvalue weighted by molar-refractivity contribution is 0.464. The Bertz CT molecular complexity index is 537. The van der Waals surface area contributed by atoms with Crippen molar-refractivity contribution in [3.05, 3.63) is 58.5 Å². The number of thioether (sulfide) groups is 1. The van der Waals surface area contributed by atoms with Crippen LogP contribution in [0.1, 0.15) is 5.56 Å². The Labute approximate surface area is 104 Å². The third-order valence-electron chi connectivity index (χ3n) is 2.36. The van der Waals surface area contributed by atoms with Crippen molar-refractivity contribution in [1.82, 2.24) is 4.98 Å². The molecule has 88 valence electrons. The molecule has 0 atom stereocenters. The second-order valence-corrected chi connectivity index (χ2v) is 4.80. The van der Waals surface area contributed by atoms with Crippen LogP contribution >= 0.6 is 11.8 Å². The van der Waals surface area contributed by atoms with Crippen LogP contribution in [0.15, 0.2) is 52.3 Å². The Hall–Kier alpha value is -1.68. The molecule has 2 aromatic rings. The number of rotatable bonds is 4. The molecule has 4 heteroatoms. The summed E-state index contributed by atoms with van der Waals surface area (Å²) >= 11 is 1.61. The van der Waals surface area contributed by atoms with Crippen molar-refractivity contribution in [2.24, 2.45) is 0 Å². The van der Waals surface area contributed by atoms with Crippen LogP contribution in [-0.2, 0) is 6.42 Å². The van der Waals surface area contributed by atoms with Gasteiger partial charge in [0.25, 0.3) is 5.56 Å².